The minimum absolute atomic E-state index is 0.277. The minimum atomic E-state index is 0.277. The molecule has 0 aliphatic carbocycles. The summed E-state index contributed by atoms with van der Waals surface area (Å²) in [6, 6.07) is 13.1. The Morgan fingerprint density at radius 1 is 0.969 bits per heavy atom. The van der Waals surface area contributed by atoms with Crippen LogP contribution in [0.2, 0.25) is 0 Å². The Balaban J connectivity index is 1.50. The van der Waals surface area contributed by atoms with Crippen molar-refractivity contribution in [1.29, 1.82) is 0 Å². The third-order valence-corrected chi connectivity index (χ3v) is 6.93. The normalized spacial score (nSPS) is 15.5. The Kier molecular flexibility index (Phi) is 6.33. The van der Waals surface area contributed by atoms with Crippen LogP contribution in [0.3, 0.4) is 0 Å². The molecule has 0 bridgehead atoms. The van der Waals surface area contributed by atoms with Crippen molar-refractivity contribution in [1.82, 2.24) is 15.0 Å². The number of pyridine rings is 1. The van der Waals surface area contributed by atoms with Gasteiger partial charge >= 0.3 is 0 Å². The zero-order valence-corrected chi connectivity index (χ0v) is 20.0. The zero-order valence-electron chi connectivity index (χ0n) is 20.0. The summed E-state index contributed by atoms with van der Waals surface area (Å²) in [6.07, 6.45) is 4.32. The molecule has 6 nitrogen and oxygen atoms in total. The molecule has 6 heteroatoms. The summed E-state index contributed by atoms with van der Waals surface area (Å²) in [5.74, 6) is 1.00. The largest absolute Gasteiger partial charge is 0.368 e. The number of rotatable bonds is 8. The van der Waals surface area contributed by atoms with Crippen LogP contribution in [0.4, 0.5) is 11.8 Å². The van der Waals surface area contributed by atoms with Crippen molar-refractivity contribution in [2.45, 2.75) is 65.5 Å². The van der Waals surface area contributed by atoms with Crippen LogP contribution in [-0.2, 0) is 13.0 Å². The molecule has 1 aromatic carbocycles. The molecule has 3 heterocycles. The van der Waals surface area contributed by atoms with Gasteiger partial charge in [-0.3, -0.25) is 0 Å². The molecule has 4 rings (SSSR count). The number of fused-ring (bicyclic) bond motifs is 1. The summed E-state index contributed by atoms with van der Waals surface area (Å²) >= 11 is 0. The highest BCUT2D eigenvalue weighted by molar-refractivity contribution is 5.86. The molecular weight excluding hydrogens is 396 g/mol. The number of nitrogens with one attached hydrogen (secondary N) is 1. The second-order valence-corrected chi connectivity index (χ2v) is 10.1. The molecule has 0 unspecified atom stereocenters. The van der Waals surface area contributed by atoms with Crippen molar-refractivity contribution in [2.75, 3.05) is 30.7 Å². The van der Waals surface area contributed by atoms with Crippen molar-refractivity contribution in [2.24, 2.45) is 0 Å². The van der Waals surface area contributed by atoms with Gasteiger partial charge in [0.25, 0.3) is 0 Å². The van der Waals surface area contributed by atoms with Crippen LogP contribution in [0.5, 0.6) is 0 Å². The van der Waals surface area contributed by atoms with Crippen LogP contribution >= 0.6 is 0 Å². The lowest BCUT2D eigenvalue weighted by molar-refractivity contribution is -1.01. The summed E-state index contributed by atoms with van der Waals surface area (Å²) in [5, 5.41) is 3.38. The number of unbranched alkanes of at least 4 members (excludes halogenated alkanes) is 1. The third-order valence-electron chi connectivity index (χ3n) is 6.93. The number of nitrogens with two attached hydrogens (primary N) is 1. The second kappa shape index (κ2) is 9.02. The maximum absolute atomic E-state index is 5.90. The van der Waals surface area contributed by atoms with Crippen molar-refractivity contribution >= 4 is 22.8 Å². The second-order valence-electron chi connectivity index (χ2n) is 10.1. The number of benzene rings is 1. The van der Waals surface area contributed by atoms with Crippen LogP contribution in [0.25, 0.3) is 11.0 Å². The summed E-state index contributed by atoms with van der Waals surface area (Å²) < 4.78 is 1.19. The quantitative estimate of drug-likeness (QED) is 0.389. The van der Waals surface area contributed by atoms with E-state index in [2.05, 4.69) is 67.2 Å². The fourth-order valence-corrected chi connectivity index (χ4v) is 4.60. The Morgan fingerprint density at radius 2 is 1.69 bits per heavy atom. The number of nitrogen functional groups attached to an aromatic ring is 1. The molecule has 1 aliphatic heterocycles. The highest BCUT2D eigenvalue weighted by Crippen LogP contribution is 2.35. The molecule has 1 fully saturated rings. The lowest BCUT2D eigenvalue weighted by Crippen LogP contribution is -2.66. The van der Waals surface area contributed by atoms with E-state index in [0.717, 1.165) is 54.9 Å². The molecule has 2 aromatic heterocycles. The Morgan fingerprint density at radius 3 is 2.31 bits per heavy atom. The van der Waals surface area contributed by atoms with Crippen molar-refractivity contribution < 1.29 is 4.48 Å². The first-order valence-corrected chi connectivity index (χ1v) is 11.9. The number of hydrogen-bond acceptors (Lipinski definition) is 5. The van der Waals surface area contributed by atoms with Gasteiger partial charge in [0, 0.05) is 30.6 Å². The van der Waals surface area contributed by atoms with E-state index >= 15 is 0 Å². The fraction of sp³-hybridized carbons (Fsp3) is 0.500. The van der Waals surface area contributed by atoms with E-state index in [9.17, 15) is 0 Å². The molecule has 1 saturated heterocycles. The number of quaternary nitrogens is 1. The van der Waals surface area contributed by atoms with Crippen LogP contribution < -0.4 is 11.1 Å². The molecule has 0 radical (unpaired) electrons. The number of hydrogen-bond donors (Lipinski definition) is 2. The van der Waals surface area contributed by atoms with E-state index in [-0.39, 0.29) is 5.95 Å². The summed E-state index contributed by atoms with van der Waals surface area (Å²) in [7, 11) is 0. The lowest BCUT2D eigenvalue weighted by atomic mass is 9.92. The van der Waals surface area contributed by atoms with Gasteiger partial charge in [-0.25, -0.2) is 9.97 Å². The maximum atomic E-state index is 5.90. The Labute approximate surface area is 191 Å². The SMILES string of the molecule is CCCCNc1nc(N)nc2ccc(Cc3ccc(C[N+]4(C(C)(C)C)CCC4)cc3)nc12. The number of anilines is 2. The van der Waals surface area contributed by atoms with Gasteiger partial charge in [0.15, 0.2) is 5.82 Å². The highest BCUT2D eigenvalue weighted by atomic mass is 15.4. The van der Waals surface area contributed by atoms with Crippen molar-refractivity contribution in [3.63, 3.8) is 0 Å². The van der Waals surface area contributed by atoms with E-state index in [4.69, 9.17) is 10.7 Å². The van der Waals surface area contributed by atoms with Gasteiger partial charge in [-0.1, -0.05) is 37.6 Å². The summed E-state index contributed by atoms with van der Waals surface area (Å²) in [4.78, 5) is 13.6. The molecule has 3 N–H and O–H groups in total. The number of nitrogens with zero attached hydrogens (tertiary/aromatic N) is 4. The maximum Gasteiger partial charge on any atom is 0.222 e. The van der Waals surface area contributed by atoms with E-state index < -0.39 is 0 Å². The van der Waals surface area contributed by atoms with Crippen LogP contribution in [0.15, 0.2) is 36.4 Å². The topological polar surface area (TPSA) is 76.7 Å². The predicted molar refractivity (Wildman–Crippen MR) is 132 cm³/mol. The van der Waals surface area contributed by atoms with Crippen molar-refractivity contribution in [3.8, 4) is 0 Å². The molecular formula is C26H37N6+. The predicted octanol–water partition coefficient (Wildman–Crippen LogP) is 4.93. The molecule has 1 aliphatic rings. The van der Waals surface area contributed by atoms with Gasteiger partial charge in [-0.15, -0.1) is 0 Å². The minimum Gasteiger partial charge on any atom is -0.368 e. The first kappa shape index (κ1) is 22.5. The van der Waals surface area contributed by atoms with E-state index in [1.165, 1.54) is 35.1 Å². The first-order valence-electron chi connectivity index (χ1n) is 11.9. The van der Waals surface area contributed by atoms with Gasteiger partial charge < -0.3 is 15.5 Å². The standard InChI is InChI=1S/C26H37N6/c1-5-6-14-28-24-23-22(30-25(27)31-24)13-12-21(29-23)17-19-8-10-20(11-9-19)18-32(15-7-16-32)26(2,3)4/h8-13H,5-7,14-18H2,1-4H3,(H3,27,28,30,31)/q+1. The zero-order chi connectivity index (χ0) is 22.8. The Hall–Kier alpha value is -2.73. The molecule has 0 spiro atoms. The van der Waals surface area contributed by atoms with Crippen LogP contribution in [0.1, 0.15) is 63.8 Å². The smallest absolute Gasteiger partial charge is 0.222 e. The third kappa shape index (κ3) is 4.70. The number of aromatic nitrogens is 3. The molecule has 3 aromatic rings. The lowest BCUT2D eigenvalue weighted by Gasteiger charge is -2.55. The molecule has 0 saturated carbocycles. The van der Waals surface area contributed by atoms with Crippen LogP contribution in [0, 0.1) is 0 Å². The van der Waals surface area contributed by atoms with E-state index in [1.807, 2.05) is 12.1 Å². The fourth-order valence-electron chi connectivity index (χ4n) is 4.60. The monoisotopic (exact) mass is 433 g/mol. The van der Waals surface area contributed by atoms with E-state index in [1.54, 1.807) is 0 Å². The summed E-state index contributed by atoms with van der Waals surface area (Å²) in [5.41, 5.74) is 11.5. The summed E-state index contributed by atoms with van der Waals surface area (Å²) in [6.45, 7) is 13.8. The highest BCUT2D eigenvalue weighted by Gasteiger charge is 2.45. The number of likely N-dealkylation sites (tertiary alicyclic amines) is 1. The average molecular weight is 434 g/mol. The van der Waals surface area contributed by atoms with Gasteiger partial charge in [0.2, 0.25) is 5.95 Å². The first-order chi connectivity index (χ1) is 15.3. The van der Waals surface area contributed by atoms with Gasteiger partial charge in [-0.05, 0) is 44.9 Å². The molecule has 32 heavy (non-hydrogen) atoms. The van der Waals surface area contributed by atoms with Gasteiger partial charge in [0.05, 0.1) is 24.1 Å². The average Bonchev–Trinajstić information content (AvgIpc) is 2.71. The van der Waals surface area contributed by atoms with Crippen LogP contribution in [-0.4, -0.2) is 44.6 Å². The van der Waals surface area contributed by atoms with Gasteiger partial charge in [-0.2, -0.15) is 4.98 Å². The van der Waals surface area contributed by atoms with Gasteiger partial charge in [0.1, 0.15) is 12.1 Å². The molecule has 0 amide bonds. The molecule has 0 atom stereocenters. The van der Waals surface area contributed by atoms with E-state index in [0.29, 0.717) is 5.54 Å². The Bertz CT molecular complexity index is 1060. The molecule has 170 valence electrons. The van der Waals surface area contributed by atoms with Crippen molar-refractivity contribution in [3.05, 3.63) is 53.2 Å².